The van der Waals surface area contributed by atoms with Crippen molar-refractivity contribution in [3.05, 3.63) is 87.1 Å². The summed E-state index contributed by atoms with van der Waals surface area (Å²) in [4.78, 5) is 32.6. The lowest BCUT2D eigenvalue weighted by Gasteiger charge is -2.40. The molecule has 2 N–H and O–H groups in total. The van der Waals surface area contributed by atoms with Gasteiger partial charge in [-0.05, 0) is 78.1 Å². The Kier molecular flexibility index (Phi) is 7.41. The van der Waals surface area contributed by atoms with Gasteiger partial charge in [-0.1, -0.05) is 36.4 Å². The molecule has 5 rings (SSSR count). The summed E-state index contributed by atoms with van der Waals surface area (Å²) in [6.45, 7) is 0.486. The van der Waals surface area contributed by atoms with E-state index in [1.54, 1.807) is 13.3 Å². The van der Waals surface area contributed by atoms with Crippen molar-refractivity contribution in [2.24, 2.45) is 0 Å². The first-order valence-electron chi connectivity index (χ1n) is 12.2. The Balaban J connectivity index is 1.20. The summed E-state index contributed by atoms with van der Waals surface area (Å²) in [5, 5.41) is 6.20. The second-order valence-electron chi connectivity index (χ2n) is 9.33. The number of benzene rings is 2. The number of amides is 2. The summed E-state index contributed by atoms with van der Waals surface area (Å²) in [7, 11) is 1.62. The molecule has 3 atom stereocenters. The number of rotatable bonds is 7. The molecule has 7 nitrogen and oxygen atoms in total. The number of carbonyl (C=O) groups is 2. The molecule has 3 aromatic rings. The fraction of sp³-hybridized carbons (Fsp3) is 0.321. The topological polar surface area (TPSA) is 83.6 Å². The molecule has 2 bridgehead atoms. The predicted octanol–water partition coefficient (Wildman–Crippen LogP) is 4.55. The van der Waals surface area contributed by atoms with Crippen molar-refractivity contribution in [3.63, 3.8) is 0 Å². The second kappa shape index (κ2) is 10.9. The molecule has 0 radical (unpaired) electrons. The summed E-state index contributed by atoms with van der Waals surface area (Å²) in [6, 6.07) is 20.0. The van der Waals surface area contributed by atoms with Gasteiger partial charge in [0.15, 0.2) is 0 Å². The van der Waals surface area contributed by atoms with Crippen LogP contribution in [0, 0.1) is 3.57 Å². The highest BCUT2D eigenvalue weighted by Crippen LogP contribution is 2.38. The van der Waals surface area contributed by atoms with Gasteiger partial charge < -0.3 is 20.3 Å². The normalized spacial score (nSPS) is 20.6. The van der Waals surface area contributed by atoms with Crippen molar-refractivity contribution < 1.29 is 14.3 Å². The maximum Gasteiger partial charge on any atom is 0.253 e. The van der Waals surface area contributed by atoms with Crippen LogP contribution in [0.2, 0.25) is 0 Å². The van der Waals surface area contributed by atoms with E-state index in [1.807, 2.05) is 60.7 Å². The average molecular weight is 596 g/mol. The average Bonchev–Trinajstić information content (AvgIpc) is 3.18. The minimum absolute atomic E-state index is 0.0554. The van der Waals surface area contributed by atoms with Crippen LogP contribution in [-0.4, -0.2) is 42.0 Å². The Morgan fingerprint density at radius 2 is 1.75 bits per heavy atom. The quantitative estimate of drug-likeness (QED) is 0.391. The number of hydrogen-bond acceptors (Lipinski definition) is 5. The Bertz CT molecular complexity index is 1220. The SMILES string of the molecule is COc1cccc(C(=O)N[C@H]2C[C@H]3CC[C@@H](C2)N3c2ccc(C(=O)NCc3ccccc3)cn2)c1I. The monoisotopic (exact) mass is 596 g/mol. The van der Waals surface area contributed by atoms with Gasteiger partial charge in [0.05, 0.1) is 21.8 Å². The predicted molar refractivity (Wildman–Crippen MR) is 147 cm³/mol. The summed E-state index contributed by atoms with van der Waals surface area (Å²) in [5.74, 6) is 1.42. The number of carbonyl (C=O) groups excluding carboxylic acids is 2. The molecule has 8 heteroatoms. The molecule has 2 fully saturated rings. The zero-order valence-electron chi connectivity index (χ0n) is 20.1. The molecule has 2 aliphatic heterocycles. The third kappa shape index (κ3) is 5.18. The van der Waals surface area contributed by atoms with Crippen molar-refractivity contribution in [1.29, 1.82) is 0 Å². The van der Waals surface area contributed by atoms with Gasteiger partial charge in [-0.15, -0.1) is 0 Å². The summed E-state index contributed by atoms with van der Waals surface area (Å²) in [5.41, 5.74) is 2.26. The number of pyridine rings is 1. The van der Waals surface area contributed by atoms with E-state index in [0.29, 0.717) is 35.5 Å². The van der Waals surface area contributed by atoms with E-state index >= 15 is 0 Å². The van der Waals surface area contributed by atoms with Gasteiger partial charge in [0.25, 0.3) is 11.8 Å². The zero-order valence-corrected chi connectivity index (χ0v) is 22.3. The molecule has 0 spiro atoms. The number of fused-ring (bicyclic) bond motifs is 2. The van der Waals surface area contributed by atoms with E-state index in [0.717, 1.165) is 40.6 Å². The largest absolute Gasteiger partial charge is 0.496 e. The molecular formula is C28H29IN4O3. The highest BCUT2D eigenvalue weighted by molar-refractivity contribution is 14.1. The molecule has 3 heterocycles. The minimum atomic E-state index is -0.130. The molecule has 1 aromatic heterocycles. The first kappa shape index (κ1) is 24.5. The molecule has 2 saturated heterocycles. The molecule has 186 valence electrons. The number of halogens is 1. The number of nitrogens with zero attached hydrogens (tertiary/aromatic N) is 2. The third-order valence-corrected chi connectivity index (χ3v) is 8.18. The second-order valence-corrected chi connectivity index (χ2v) is 10.4. The van der Waals surface area contributed by atoms with Crippen molar-refractivity contribution in [2.75, 3.05) is 12.0 Å². The minimum Gasteiger partial charge on any atom is -0.496 e. The molecule has 2 amide bonds. The van der Waals surface area contributed by atoms with E-state index in [9.17, 15) is 9.59 Å². The van der Waals surface area contributed by atoms with Crippen LogP contribution in [0.4, 0.5) is 5.82 Å². The number of anilines is 1. The Morgan fingerprint density at radius 1 is 1.00 bits per heavy atom. The van der Waals surface area contributed by atoms with E-state index in [1.165, 1.54) is 0 Å². The van der Waals surface area contributed by atoms with Gasteiger partial charge in [-0.25, -0.2) is 4.98 Å². The van der Waals surface area contributed by atoms with Crippen LogP contribution >= 0.6 is 22.6 Å². The van der Waals surface area contributed by atoms with Gasteiger partial charge >= 0.3 is 0 Å². The van der Waals surface area contributed by atoms with Crippen LogP contribution in [0.1, 0.15) is 52.0 Å². The first-order chi connectivity index (χ1) is 17.5. The Hall–Kier alpha value is -3.14. The van der Waals surface area contributed by atoms with Crippen LogP contribution in [0.5, 0.6) is 5.75 Å². The number of nitrogens with one attached hydrogen (secondary N) is 2. The number of ether oxygens (including phenoxy) is 1. The molecule has 0 unspecified atom stereocenters. The highest BCUT2D eigenvalue weighted by atomic mass is 127. The van der Waals surface area contributed by atoms with Crippen LogP contribution in [0.15, 0.2) is 66.9 Å². The number of methoxy groups -OCH3 is 1. The van der Waals surface area contributed by atoms with Crippen LogP contribution in [0.3, 0.4) is 0 Å². The summed E-state index contributed by atoms with van der Waals surface area (Å²) >= 11 is 2.17. The molecule has 2 aromatic carbocycles. The maximum absolute atomic E-state index is 13.0. The molecule has 0 saturated carbocycles. The van der Waals surface area contributed by atoms with Gasteiger partial charge in [0.1, 0.15) is 11.6 Å². The molecule has 36 heavy (non-hydrogen) atoms. The zero-order chi connectivity index (χ0) is 25.1. The van der Waals surface area contributed by atoms with Gasteiger partial charge in [-0.3, -0.25) is 9.59 Å². The van der Waals surface area contributed by atoms with Gasteiger partial charge in [0, 0.05) is 30.9 Å². The van der Waals surface area contributed by atoms with Crippen LogP contribution in [-0.2, 0) is 6.54 Å². The lowest BCUT2D eigenvalue weighted by molar-refractivity contribution is 0.0923. The van der Waals surface area contributed by atoms with Crippen molar-refractivity contribution >= 4 is 40.2 Å². The first-order valence-corrected chi connectivity index (χ1v) is 13.3. The highest BCUT2D eigenvalue weighted by Gasteiger charge is 2.42. The molecular weight excluding hydrogens is 567 g/mol. The Labute approximate surface area is 224 Å². The Morgan fingerprint density at radius 3 is 2.42 bits per heavy atom. The van der Waals surface area contributed by atoms with E-state index in [-0.39, 0.29) is 17.9 Å². The van der Waals surface area contributed by atoms with Crippen LogP contribution < -0.4 is 20.3 Å². The number of hydrogen-bond donors (Lipinski definition) is 2. The third-order valence-electron chi connectivity index (χ3n) is 7.07. The standard InChI is InChI=1S/C28H29IN4O3/c1-36-24-9-5-8-23(26(24)29)28(35)32-20-14-21-11-12-22(15-20)33(21)25-13-10-19(17-30-25)27(34)31-16-18-6-3-2-4-7-18/h2-10,13,17,20-22H,11-12,14-16H2,1H3,(H,31,34)(H,32,35)/t20-,21+,22-. The van der Waals surface area contributed by atoms with Crippen molar-refractivity contribution in [2.45, 2.75) is 50.4 Å². The van der Waals surface area contributed by atoms with E-state index < -0.39 is 0 Å². The van der Waals surface area contributed by atoms with Crippen molar-refractivity contribution in [3.8, 4) is 5.75 Å². The van der Waals surface area contributed by atoms with E-state index in [4.69, 9.17) is 4.74 Å². The number of piperidine rings is 1. The smallest absolute Gasteiger partial charge is 0.253 e. The lowest BCUT2D eigenvalue weighted by atomic mass is 9.96. The van der Waals surface area contributed by atoms with E-state index in [2.05, 4.69) is 43.1 Å². The molecule has 2 aliphatic rings. The van der Waals surface area contributed by atoms with Gasteiger partial charge in [-0.2, -0.15) is 0 Å². The fourth-order valence-corrected chi connectivity index (χ4v) is 6.15. The van der Waals surface area contributed by atoms with Gasteiger partial charge in [0.2, 0.25) is 0 Å². The summed E-state index contributed by atoms with van der Waals surface area (Å²) < 4.78 is 6.19. The van der Waals surface area contributed by atoms with Crippen molar-refractivity contribution in [1.82, 2.24) is 15.6 Å². The number of aromatic nitrogens is 1. The maximum atomic E-state index is 13.0. The lowest BCUT2D eigenvalue weighted by Crippen LogP contribution is -2.50. The molecule has 0 aliphatic carbocycles. The van der Waals surface area contributed by atoms with Crippen LogP contribution in [0.25, 0.3) is 0 Å². The fourth-order valence-electron chi connectivity index (χ4n) is 5.33. The summed E-state index contributed by atoms with van der Waals surface area (Å²) in [6.07, 6.45) is 5.57.